The number of methoxy groups -OCH3 is 1. The number of carbonyl (C=O) groups excluding carboxylic acids is 1. The summed E-state index contributed by atoms with van der Waals surface area (Å²) in [6.45, 7) is 0.865. The highest BCUT2D eigenvalue weighted by molar-refractivity contribution is 5.78. The van der Waals surface area contributed by atoms with E-state index < -0.39 is 5.82 Å². The fraction of sp³-hybridized carbons (Fsp3) is 0.417. The van der Waals surface area contributed by atoms with Crippen LogP contribution in [-0.4, -0.2) is 38.1 Å². The monoisotopic (exact) mass is 240 g/mol. The Morgan fingerprint density at radius 2 is 2.24 bits per heavy atom. The average molecular weight is 240 g/mol. The van der Waals surface area contributed by atoms with E-state index in [2.05, 4.69) is 0 Å². The topological polar surface area (TPSA) is 55.6 Å². The van der Waals surface area contributed by atoms with Crippen LogP contribution in [0.1, 0.15) is 5.56 Å². The summed E-state index contributed by atoms with van der Waals surface area (Å²) < 4.78 is 18.5. The van der Waals surface area contributed by atoms with Crippen LogP contribution in [0.15, 0.2) is 18.2 Å². The van der Waals surface area contributed by atoms with Crippen molar-refractivity contribution >= 4 is 5.91 Å². The highest BCUT2D eigenvalue weighted by atomic mass is 19.1. The van der Waals surface area contributed by atoms with Crippen molar-refractivity contribution in [1.82, 2.24) is 4.90 Å². The quantitative estimate of drug-likeness (QED) is 0.828. The molecule has 1 aromatic carbocycles. The molecule has 0 bridgehead atoms. The molecule has 0 fully saturated rings. The number of halogens is 1. The van der Waals surface area contributed by atoms with Gasteiger partial charge >= 0.3 is 0 Å². The zero-order valence-electron chi connectivity index (χ0n) is 10.1. The Morgan fingerprint density at radius 3 is 2.76 bits per heavy atom. The van der Waals surface area contributed by atoms with Crippen LogP contribution in [0.5, 0.6) is 5.75 Å². The number of benzene rings is 1. The van der Waals surface area contributed by atoms with Gasteiger partial charge in [-0.3, -0.25) is 4.79 Å². The number of hydrogen-bond acceptors (Lipinski definition) is 3. The molecule has 0 aromatic heterocycles. The molecule has 0 radical (unpaired) electrons. The molecule has 0 aliphatic heterocycles. The lowest BCUT2D eigenvalue weighted by molar-refractivity contribution is -0.129. The summed E-state index contributed by atoms with van der Waals surface area (Å²) in [6.07, 6.45) is 0.0341. The van der Waals surface area contributed by atoms with Crippen molar-refractivity contribution < 1.29 is 13.9 Å². The van der Waals surface area contributed by atoms with Crippen molar-refractivity contribution in [3.05, 3.63) is 29.6 Å². The Bertz CT molecular complexity index is 396. The van der Waals surface area contributed by atoms with E-state index >= 15 is 0 Å². The lowest BCUT2D eigenvalue weighted by Crippen LogP contribution is -2.32. The molecule has 0 saturated carbocycles. The van der Waals surface area contributed by atoms with Gasteiger partial charge < -0.3 is 15.4 Å². The third-order valence-electron chi connectivity index (χ3n) is 2.49. The number of hydrogen-bond donors (Lipinski definition) is 1. The molecule has 94 valence electrons. The van der Waals surface area contributed by atoms with Crippen molar-refractivity contribution in [2.24, 2.45) is 5.73 Å². The largest absolute Gasteiger partial charge is 0.497 e. The first-order chi connectivity index (χ1) is 8.08. The van der Waals surface area contributed by atoms with Crippen molar-refractivity contribution in [2.45, 2.75) is 6.42 Å². The highest BCUT2D eigenvalue weighted by Crippen LogP contribution is 2.17. The van der Waals surface area contributed by atoms with Crippen LogP contribution in [0.4, 0.5) is 4.39 Å². The summed E-state index contributed by atoms with van der Waals surface area (Å²) in [7, 11) is 3.12. The predicted molar refractivity (Wildman–Crippen MR) is 63.3 cm³/mol. The van der Waals surface area contributed by atoms with Crippen LogP contribution in [0, 0.1) is 5.82 Å². The molecule has 5 heteroatoms. The number of nitrogens with zero attached hydrogens (tertiary/aromatic N) is 1. The Labute approximate surface area is 100 Å². The Hall–Kier alpha value is -1.62. The lowest BCUT2D eigenvalue weighted by atomic mass is 10.1. The third kappa shape index (κ3) is 3.71. The van der Waals surface area contributed by atoms with E-state index in [0.29, 0.717) is 24.4 Å². The van der Waals surface area contributed by atoms with Crippen LogP contribution in [0.3, 0.4) is 0 Å². The van der Waals surface area contributed by atoms with Crippen LogP contribution in [0.25, 0.3) is 0 Å². The lowest BCUT2D eigenvalue weighted by Gasteiger charge is -2.16. The normalized spacial score (nSPS) is 10.1. The number of ether oxygens (including phenoxy) is 1. The summed E-state index contributed by atoms with van der Waals surface area (Å²) in [5.41, 5.74) is 5.70. The highest BCUT2D eigenvalue weighted by Gasteiger charge is 2.12. The summed E-state index contributed by atoms with van der Waals surface area (Å²) in [6, 6.07) is 4.46. The second-order valence-electron chi connectivity index (χ2n) is 3.74. The van der Waals surface area contributed by atoms with Gasteiger partial charge in [0.1, 0.15) is 11.6 Å². The first-order valence-corrected chi connectivity index (χ1v) is 5.35. The van der Waals surface area contributed by atoms with Gasteiger partial charge in [-0.05, 0) is 11.6 Å². The Balaban J connectivity index is 2.71. The van der Waals surface area contributed by atoms with Crippen molar-refractivity contribution in [3.63, 3.8) is 0 Å². The number of rotatable bonds is 5. The van der Waals surface area contributed by atoms with Crippen LogP contribution in [-0.2, 0) is 11.2 Å². The minimum absolute atomic E-state index is 0.0341. The SMILES string of the molecule is COc1ccc(CC(=O)N(C)CCN)c(F)c1. The third-order valence-corrected chi connectivity index (χ3v) is 2.49. The molecule has 4 nitrogen and oxygen atoms in total. The van der Waals surface area contributed by atoms with Crippen LogP contribution < -0.4 is 10.5 Å². The zero-order chi connectivity index (χ0) is 12.8. The first-order valence-electron chi connectivity index (χ1n) is 5.35. The van der Waals surface area contributed by atoms with Gasteiger partial charge in [0, 0.05) is 26.2 Å². The molecular weight excluding hydrogens is 223 g/mol. The van der Waals surface area contributed by atoms with E-state index in [0.717, 1.165) is 0 Å². The summed E-state index contributed by atoms with van der Waals surface area (Å²) >= 11 is 0. The van der Waals surface area contributed by atoms with Gasteiger partial charge in [-0.25, -0.2) is 4.39 Å². The molecule has 0 spiro atoms. The second-order valence-corrected chi connectivity index (χ2v) is 3.74. The van der Waals surface area contributed by atoms with Gasteiger partial charge in [-0.2, -0.15) is 0 Å². The van der Waals surface area contributed by atoms with Crippen LogP contribution >= 0.6 is 0 Å². The molecule has 0 atom stereocenters. The molecule has 1 amide bonds. The fourth-order valence-electron chi connectivity index (χ4n) is 1.41. The fourth-order valence-corrected chi connectivity index (χ4v) is 1.41. The van der Waals surface area contributed by atoms with Crippen molar-refractivity contribution in [2.75, 3.05) is 27.2 Å². The molecule has 2 N–H and O–H groups in total. The summed E-state index contributed by atoms with van der Waals surface area (Å²) in [5.74, 6) is -0.146. The van der Waals surface area contributed by atoms with Gasteiger partial charge in [-0.1, -0.05) is 6.07 Å². The molecule has 17 heavy (non-hydrogen) atoms. The van der Waals surface area contributed by atoms with E-state index in [1.54, 1.807) is 19.2 Å². The molecule has 1 aromatic rings. The molecule has 0 unspecified atom stereocenters. The molecule has 0 saturated heterocycles. The number of carbonyl (C=O) groups is 1. The summed E-state index contributed by atoms with van der Waals surface area (Å²) in [5, 5.41) is 0. The molecule has 0 aliphatic carbocycles. The summed E-state index contributed by atoms with van der Waals surface area (Å²) in [4.78, 5) is 13.2. The van der Waals surface area contributed by atoms with Gasteiger partial charge in [-0.15, -0.1) is 0 Å². The van der Waals surface area contributed by atoms with E-state index in [1.807, 2.05) is 0 Å². The average Bonchev–Trinajstić information content (AvgIpc) is 2.31. The van der Waals surface area contributed by atoms with E-state index in [9.17, 15) is 9.18 Å². The number of nitrogens with two attached hydrogens (primary N) is 1. The van der Waals surface area contributed by atoms with Gasteiger partial charge in [0.05, 0.1) is 13.5 Å². The van der Waals surface area contributed by atoms with Gasteiger partial charge in [0.2, 0.25) is 5.91 Å². The molecule has 0 heterocycles. The van der Waals surface area contributed by atoms with Crippen molar-refractivity contribution in [3.8, 4) is 5.75 Å². The Morgan fingerprint density at radius 1 is 1.53 bits per heavy atom. The molecule has 1 rings (SSSR count). The van der Waals surface area contributed by atoms with Crippen molar-refractivity contribution in [1.29, 1.82) is 0 Å². The maximum atomic E-state index is 13.6. The van der Waals surface area contributed by atoms with E-state index in [-0.39, 0.29) is 12.3 Å². The first kappa shape index (κ1) is 13.4. The minimum atomic E-state index is -0.432. The van der Waals surface area contributed by atoms with E-state index in [4.69, 9.17) is 10.5 Å². The zero-order valence-corrected chi connectivity index (χ0v) is 10.1. The smallest absolute Gasteiger partial charge is 0.226 e. The Kier molecular flexibility index (Phi) is 4.90. The molecular formula is C12H17FN2O2. The van der Waals surface area contributed by atoms with Gasteiger partial charge in [0.25, 0.3) is 0 Å². The molecule has 0 aliphatic rings. The maximum Gasteiger partial charge on any atom is 0.226 e. The number of likely N-dealkylation sites (N-methyl/N-ethyl adjacent to an activating group) is 1. The van der Waals surface area contributed by atoms with E-state index in [1.165, 1.54) is 18.1 Å². The minimum Gasteiger partial charge on any atom is -0.497 e. The predicted octanol–water partition coefficient (Wildman–Crippen LogP) is 0.794. The van der Waals surface area contributed by atoms with Crippen LogP contribution in [0.2, 0.25) is 0 Å². The number of amides is 1. The maximum absolute atomic E-state index is 13.6. The standard InChI is InChI=1S/C12H17FN2O2/c1-15(6-5-14)12(16)7-9-3-4-10(17-2)8-11(9)13/h3-4,8H,5-7,14H2,1-2H3. The second kappa shape index (κ2) is 6.20. The van der Waals surface area contributed by atoms with Gasteiger partial charge in [0.15, 0.2) is 0 Å².